The fourth-order valence-corrected chi connectivity index (χ4v) is 0.802. The predicted molar refractivity (Wildman–Crippen MR) is 40.2 cm³/mol. The summed E-state index contributed by atoms with van der Waals surface area (Å²) < 4.78 is 3.71. The van der Waals surface area contributed by atoms with Gasteiger partial charge >= 0.3 is 0 Å². The first kappa shape index (κ1) is 7.07. The van der Waals surface area contributed by atoms with Gasteiger partial charge in [-0.05, 0) is 20.7 Å². The number of carbonyl (C=O) groups is 1. The van der Waals surface area contributed by atoms with Gasteiger partial charge in [0, 0.05) is 14.1 Å². The van der Waals surface area contributed by atoms with Gasteiger partial charge in [0.25, 0.3) is 3.91 Å². The normalized spacial score (nSPS) is 8.29. The van der Waals surface area contributed by atoms with Gasteiger partial charge in [-0.3, -0.25) is 4.79 Å². The Morgan fingerprint density at radius 3 is 2.14 bits per heavy atom. The molecule has 0 aliphatic carbocycles. The highest BCUT2D eigenvalue weighted by atomic mass is 127. The van der Waals surface area contributed by atoms with E-state index < -0.39 is 20.7 Å². The molecule has 0 atom stereocenters. The monoisotopic (exact) mass is 213 g/mol. The van der Waals surface area contributed by atoms with Crippen LogP contribution in [0.3, 0.4) is 0 Å². The third-order valence-corrected chi connectivity index (χ3v) is 2.08. The van der Waals surface area contributed by atoms with Crippen LogP contribution in [0.15, 0.2) is 0 Å². The summed E-state index contributed by atoms with van der Waals surface area (Å²) in [5.41, 5.74) is 0. The first-order valence-corrected chi connectivity index (χ1v) is 4.38. The molecule has 0 fully saturated rings. The van der Waals surface area contributed by atoms with Crippen LogP contribution in [0.1, 0.15) is 0 Å². The molecular weight excluding hydrogens is 205 g/mol. The van der Waals surface area contributed by atoms with Crippen molar-refractivity contribution >= 4 is 29.2 Å². The first-order chi connectivity index (χ1) is 3.18. The molecule has 0 rings (SSSR count). The maximum Gasteiger partial charge on any atom is 0.276 e. The van der Waals surface area contributed by atoms with Crippen molar-refractivity contribution in [3.8, 4) is 0 Å². The predicted octanol–water partition coefficient (Wildman–Crippen LogP) is 1.07. The fraction of sp³-hybridized carbons (Fsp3) is 0.500. The van der Waals surface area contributed by atoms with Crippen molar-refractivity contribution in [3.05, 3.63) is 0 Å². The van der Waals surface area contributed by atoms with E-state index in [1.54, 1.807) is 19.0 Å². The quantitative estimate of drug-likeness (QED) is 0.362. The van der Waals surface area contributed by atoms with Crippen molar-refractivity contribution in [2.75, 3.05) is 14.1 Å². The number of hydrogen-bond donors (Lipinski definition) is 0. The van der Waals surface area contributed by atoms with Gasteiger partial charge in [-0.15, -0.1) is 0 Å². The second-order valence-electron chi connectivity index (χ2n) is 1.28. The largest absolute Gasteiger partial charge is 0.341 e. The standard InChI is InChI=1S/C4H8INO/c1-5-4(7)6(2)3/h1H2,2-3H3. The number of nitrogens with zero attached hydrogens (tertiary/aromatic N) is 1. The highest BCUT2D eigenvalue weighted by molar-refractivity contribution is 14.2. The van der Waals surface area contributed by atoms with Crippen LogP contribution >= 0.6 is 20.7 Å². The Kier molecular flexibility index (Phi) is 3.15. The maximum atomic E-state index is 10.4. The van der Waals surface area contributed by atoms with Crippen LogP contribution in [0.2, 0.25) is 0 Å². The molecule has 0 heterocycles. The van der Waals surface area contributed by atoms with Gasteiger partial charge in [0.1, 0.15) is 0 Å². The Morgan fingerprint density at radius 1 is 1.71 bits per heavy atom. The molecule has 2 nitrogen and oxygen atoms in total. The molecule has 0 N–H and O–H groups in total. The van der Waals surface area contributed by atoms with Crippen LogP contribution in [0.25, 0.3) is 0 Å². The summed E-state index contributed by atoms with van der Waals surface area (Å²) in [5, 5.41) is 0. The Labute approximate surface area is 53.3 Å². The van der Waals surface area contributed by atoms with Crippen molar-refractivity contribution in [1.29, 1.82) is 0 Å². The Morgan fingerprint density at radius 2 is 2.14 bits per heavy atom. The van der Waals surface area contributed by atoms with E-state index in [1.165, 1.54) is 0 Å². The molecule has 0 aromatic carbocycles. The van der Waals surface area contributed by atoms with Gasteiger partial charge in [0.15, 0.2) is 0 Å². The Bertz CT molecular complexity index is 89.7. The Balaban J connectivity index is 3.56. The summed E-state index contributed by atoms with van der Waals surface area (Å²) in [5.74, 6) is 0. The zero-order valence-electron chi connectivity index (χ0n) is 4.44. The summed E-state index contributed by atoms with van der Waals surface area (Å²) in [6.07, 6.45) is 0. The van der Waals surface area contributed by atoms with Gasteiger partial charge in [0.05, 0.1) is 0 Å². The number of carbonyl (C=O) groups excluding carboxylic acids is 1. The van der Waals surface area contributed by atoms with Gasteiger partial charge in [-0.25, -0.2) is 0 Å². The zero-order chi connectivity index (χ0) is 5.86. The molecule has 7 heavy (non-hydrogen) atoms. The molecule has 0 spiro atoms. The molecule has 0 aliphatic rings. The molecule has 42 valence electrons. The average molecular weight is 213 g/mol. The van der Waals surface area contributed by atoms with E-state index in [1.807, 2.05) is 0 Å². The summed E-state index contributed by atoms with van der Waals surface area (Å²) >= 11 is -0.459. The van der Waals surface area contributed by atoms with E-state index in [-0.39, 0.29) is 3.91 Å². The molecule has 0 unspecified atom stereocenters. The molecule has 0 aromatic heterocycles. The van der Waals surface area contributed by atoms with Gasteiger partial charge in [-0.2, -0.15) is 0 Å². The van der Waals surface area contributed by atoms with Crippen molar-refractivity contribution in [2.24, 2.45) is 0 Å². The van der Waals surface area contributed by atoms with Crippen molar-refractivity contribution in [3.63, 3.8) is 0 Å². The van der Waals surface area contributed by atoms with Crippen LogP contribution < -0.4 is 0 Å². The minimum atomic E-state index is -0.459. The minimum Gasteiger partial charge on any atom is -0.341 e. The molecule has 0 saturated carbocycles. The zero-order valence-corrected chi connectivity index (χ0v) is 6.60. The minimum absolute atomic E-state index is 0.179. The lowest BCUT2D eigenvalue weighted by Gasteiger charge is -2.02. The van der Waals surface area contributed by atoms with Crippen LogP contribution in [-0.2, 0) is 0 Å². The second kappa shape index (κ2) is 3.12. The SMILES string of the molecule is C=IC(=O)N(C)C. The molecule has 0 bridgehead atoms. The molecule has 3 heteroatoms. The van der Waals surface area contributed by atoms with E-state index in [2.05, 4.69) is 4.51 Å². The number of amides is 1. The summed E-state index contributed by atoms with van der Waals surface area (Å²) in [6.45, 7) is 0. The highest BCUT2D eigenvalue weighted by Crippen LogP contribution is 1.97. The molecule has 0 aliphatic heterocycles. The van der Waals surface area contributed by atoms with Crippen LogP contribution in [0, 0.1) is 0 Å². The topological polar surface area (TPSA) is 20.3 Å². The Hall–Kier alpha value is 0.0700. The number of rotatable bonds is 1. The highest BCUT2D eigenvalue weighted by Gasteiger charge is 1.92. The van der Waals surface area contributed by atoms with Crippen LogP contribution in [0.5, 0.6) is 0 Å². The molecule has 0 radical (unpaired) electrons. The third-order valence-electron chi connectivity index (χ3n) is 0.466. The fourth-order valence-electron chi connectivity index (χ4n) is 0.120. The molecule has 1 amide bonds. The summed E-state index contributed by atoms with van der Waals surface area (Å²) in [4.78, 5) is 12.0. The molecule has 0 saturated heterocycles. The lowest BCUT2D eigenvalue weighted by atomic mass is 11.0. The summed E-state index contributed by atoms with van der Waals surface area (Å²) in [6, 6.07) is 0. The number of hydrogen-bond acceptors (Lipinski definition) is 1. The first-order valence-electron chi connectivity index (χ1n) is 1.78. The van der Waals surface area contributed by atoms with Gasteiger partial charge in [0.2, 0.25) is 0 Å². The van der Waals surface area contributed by atoms with Crippen LogP contribution in [0.4, 0.5) is 4.79 Å². The van der Waals surface area contributed by atoms with Gasteiger partial charge in [-0.1, -0.05) is 4.51 Å². The van der Waals surface area contributed by atoms with Crippen molar-refractivity contribution in [2.45, 2.75) is 0 Å². The lowest BCUT2D eigenvalue weighted by Crippen LogP contribution is -2.13. The van der Waals surface area contributed by atoms with E-state index in [9.17, 15) is 4.79 Å². The lowest BCUT2D eigenvalue weighted by molar-refractivity contribution is 0.244. The van der Waals surface area contributed by atoms with E-state index in [4.69, 9.17) is 0 Å². The van der Waals surface area contributed by atoms with E-state index in [0.717, 1.165) is 0 Å². The summed E-state index contributed by atoms with van der Waals surface area (Å²) in [7, 11) is 3.49. The van der Waals surface area contributed by atoms with Gasteiger partial charge < -0.3 is 4.90 Å². The number of halogens is 1. The molecular formula is C4H8INO. The van der Waals surface area contributed by atoms with E-state index in [0.29, 0.717) is 0 Å². The molecule has 0 aromatic rings. The van der Waals surface area contributed by atoms with E-state index >= 15 is 0 Å². The maximum absolute atomic E-state index is 10.4. The smallest absolute Gasteiger partial charge is 0.276 e. The van der Waals surface area contributed by atoms with Crippen molar-refractivity contribution < 1.29 is 4.79 Å². The van der Waals surface area contributed by atoms with Crippen molar-refractivity contribution in [1.82, 2.24) is 4.90 Å². The third kappa shape index (κ3) is 2.73. The van der Waals surface area contributed by atoms with Crippen LogP contribution in [-0.4, -0.2) is 27.4 Å². The average Bonchev–Trinajstić information content (AvgIpc) is 1.65. The second-order valence-corrected chi connectivity index (χ2v) is 2.97.